The molecule has 5 heteroatoms. The third kappa shape index (κ3) is 2.90. The second kappa shape index (κ2) is 6.39. The summed E-state index contributed by atoms with van der Waals surface area (Å²) in [6.07, 6.45) is 2.71. The average molecular weight is 316 g/mol. The summed E-state index contributed by atoms with van der Waals surface area (Å²) in [5, 5.41) is 0. The highest BCUT2D eigenvalue weighted by molar-refractivity contribution is 5.97. The minimum Gasteiger partial charge on any atom is -0.294 e. The highest BCUT2D eigenvalue weighted by atomic mass is 19.2. The predicted octanol–water partition coefficient (Wildman–Crippen LogP) is 5.20. The van der Waals surface area contributed by atoms with Crippen molar-refractivity contribution in [3.63, 3.8) is 0 Å². The van der Waals surface area contributed by atoms with Crippen molar-refractivity contribution in [3.8, 4) is 0 Å². The quantitative estimate of drug-likeness (QED) is 0.426. The van der Waals surface area contributed by atoms with Gasteiger partial charge in [-0.3, -0.25) is 4.79 Å². The number of carbonyl (C=O) groups is 1. The fraction of sp³-hybridized carbons (Fsp3) is 0.588. The molecule has 122 valence electrons. The van der Waals surface area contributed by atoms with Gasteiger partial charge in [0.1, 0.15) is 0 Å². The Bertz CT molecular complexity index is 568. The molecule has 1 aromatic rings. The molecular formula is C17H20F4O. The molecule has 0 amide bonds. The molecule has 1 nitrogen and oxygen atoms in total. The van der Waals surface area contributed by atoms with Crippen LogP contribution in [-0.4, -0.2) is 5.78 Å². The van der Waals surface area contributed by atoms with Crippen LogP contribution in [0.4, 0.5) is 17.6 Å². The lowest BCUT2D eigenvalue weighted by atomic mass is 9.71. The standard InChI is InChI=1S/C17H20F4O/c1-8-5-4-6-11(9(8)2)7-12(22)13-16(20)14(18)10(3)15(19)17(13)21/h8-9,11H,4-7H2,1-3H3. The number of ketones is 1. The Kier molecular flexibility index (Phi) is 4.93. The van der Waals surface area contributed by atoms with E-state index in [0.29, 0.717) is 5.92 Å². The average Bonchev–Trinajstić information content (AvgIpc) is 2.48. The molecule has 0 radical (unpaired) electrons. The fourth-order valence-corrected chi connectivity index (χ4v) is 3.31. The van der Waals surface area contributed by atoms with Crippen LogP contribution in [0.5, 0.6) is 0 Å². The van der Waals surface area contributed by atoms with E-state index in [2.05, 4.69) is 6.92 Å². The summed E-state index contributed by atoms with van der Waals surface area (Å²) in [7, 11) is 0. The smallest absolute Gasteiger partial charge is 0.173 e. The molecule has 0 bridgehead atoms. The van der Waals surface area contributed by atoms with Crippen molar-refractivity contribution in [2.24, 2.45) is 17.8 Å². The first-order valence-corrected chi connectivity index (χ1v) is 7.61. The number of hydrogen-bond donors (Lipinski definition) is 0. The summed E-state index contributed by atoms with van der Waals surface area (Å²) in [6.45, 7) is 5.02. The van der Waals surface area contributed by atoms with E-state index in [1.54, 1.807) is 0 Å². The molecule has 0 heterocycles. The lowest BCUT2D eigenvalue weighted by Gasteiger charge is -2.33. The van der Waals surface area contributed by atoms with Crippen molar-refractivity contribution >= 4 is 5.78 Å². The van der Waals surface area contributed by atoms with Crippen LogP contribution in [0.2, 0.25) is 0 Å². The van der Waals surface area contributed by atoms with Crippen molar-refractivity contribution in [3.05, 3.63) is 34.4 Å². The van der Waals surface area contributed by atoms with Gasteiger partial charge in [0.05, 0.1) is 5.56 Å². The van der Waals surface area contributed by atoms with Crippen molar-refractivity contribution in [1.29, 1.82) is 0 Å². The summed E-state index contributed by atoms with van der Waals surface area (Å²) in [5.41, 5.74) is -1.82. The topological polar surface area (TPSA) is 17.1 Å². The van der Waals surface area contributed by atoms with Crippen LogP contribution in [0.3, 0.4) is 0 Å². The third-order valence-electron chi connectivity index (χ3n) is 5.08. The highest BCUT2D eigenvalue weighted by Crippen LogP contribution is 2.37. The Morgan fingerprint density at radius 3 is 2.09 bits per heavy atom. The number of rotatable bonds is 3. The van der Waals surface area contributed by atoms with Crippen molar-refractivity contribution < 1.29 is 22.4 Å². The summed E-state index contributed by atoms with van der Waals surface area (Å²) in [5.74, 6) is -6.37. The Morgan fingerprint density at radius 1 is 1.00 bits per heavy atom. The van der Waals surface area contributed by atoms with Gasteiger partial charge in [-0.1, -0.05) is 26.7 Å². The molecule has 3 atom stereocenters. The summed E-state index contributed by atoms with van der Waals surface area (Å²) in [6, 6.07) is 0. The summed E-state index contributed by atoms with van der Waals surface area (Å²) < 4.78 is 54.9. The molecule has 22 heavy (non-hydrogen) atoms. The molecule has 2 rings (SSSR count). The molecule has 1 aliphatic carbocycles. The van der Waals surface area contributed by atoms with E-state index in [4.69, 9.17) is 0 Å². The van der Waals surface area contributed by atoms with Crippen LogP contribution in [-0.2, 0) is 0 Å². The van der Waals surface area contributed by atoms with E-state index in [1.165, 1.54) is 0 Å². The predicted molar refractivity (Wildman–Crippen MR) is 75.6 cm³/mol. The number of benzene rings is 1. The van der Waals surface area contributed by atoms with Crippen LogP contribution < -0.4 is 0 Å². The van der Waals surface area contributed by atoms with Gasteiger partial charge in [0.25, 0.3) is 0 Å². The fourth-order valence-electron chi connectivity index (χ4n) is 3.31. The Morgan fingerprint density at radius 2 is 1.55 bits per heavy atom. The first-order chi connectivity index (χ1) is 10.3. The lowest BCUT2D eigenvalue weighted by molar-refractivity contribution is 0.0887. The van der Waals surface area contributed by atoms with E-state index < -0.39 is 40.2 Å². The highest BCUT2D eigenvalue weighted by Gasteiger charge is 2.32. The SMILES string of the molecule is Cc1c(F)c(F)c(C(=O)CC2CCCC(C)C2C)c(F)c1F. The van der Waals surface area contributed by atoms with Crippen molar-refractivity contribution in [2.75, 3.05) is 0 Å². The number of Topliss-reactive ketones (excluding diaryl/α,β-unsaturated/α-hetero) is 1. The maximum Gasteiger partial charge on any atom is 0.173 e. The zero-order valence-corrected chi connectivity index (χ0v) is 13.0. The maximum absolute atomic E-state index is 13.9. The number of carbonyl (C=O) groups excluding carboxylic acids is 1. The molecule has 1 saturated carbocycles. The van der Waals surface area contributed by atoms with E-state index >= 15 is 0 Å². The third-order valence-corrected chi connectivity index (χ3v) is 5.08. The normalized spacial score (nSPS) is 25.3. The maximum atomic E-state index is 13.9. The minimum absolute atomic E-state index is 0.0116. The molecule has 1 aromatic carbocycles. The monoisotopic (exact) mass is 316 g/mol. The second-order valence-corrected chi connectivity index (χ2v) is 6.41. The molecule has 3 unspecified atom stereocenters. The largest absolute Gasteiger partial charge is 0.294 e. The van der Waals surface area contributed by atoms with Crippen LogP contribution in [0, 0.1) is 47.9 Å². The van der Waals surface area contributed by atoms with Gasteiger partial charge in [-0.05, 0) is 31.1 Å². The van der Waals surface area contributed by atoms with Gasteiger partial charge in [0.15, 0.2) is 29.1 Å². The van der Waals surface area contributed by atoms with Gasteiger partial charge in [-0.25, -0.2) is 17.6 Å². The molecule has 1 fully saturated rings. The van der Waals surface area contributed by atoms with Gasteiger partial charge in [0.2, 0.25) is 0 Å². The van der Waals surface area contributed by atoms with Crippen LogP contribution in [0.25, 0.3) is 0 Å². The van der Waals surface area contributed by atoms with Gasteiger partial charge < -0.3 is 0 Å². The van der Waals surface area contributed by atoms with Crippen molar-refractivity contribution in [1.82, 2.24) is 0 Å². The van der Waals surface area contributed by atoms with Gasteiger partial charge in [-0.15, -0.1) is 0 Å². The van der Waals surface area contributed by atoms with Crippen LogP contribution >= 0.6 is 0 Å². The first kappa shape index (κ1) is 17.0. The first-order valence-electron chi connectivity index (χ1n) is 7.61. The Hall–Kier alpha value is -1.39. The number of hydrogen-bond acceptors (Lipinski definition) is 1. The van der Waals surface area contributed by atoms with Crippen LogP contribution in [0.1, 0.15) is 55.5 Å². The molecule has 0 spiro atoms. The summed E-state index contributed by atoms with van der Waals surface area (Å²) >= 11 is 0. The van der Waals surface area contributed by atoms with E-state index in [9.17, 15) is 22.4 Å². The van der Waals surface area contributed by atoms with Crippen molar-refractivity contribution in [2.45, 2.75) is 46.5 Å². The number of halogens is 4. The van der Waals surface area contributed by atoms with E-state index in [-0.39, 0.29) is 18.3 Å². The van der Waals surface area contributed by atoms with Gasteiger partial charge in [0, 0.05) is 12.0 Å². The summed E-state index contributed by atoms with van der Waals surface area (Å²) in [4.78, 5) is 12.2. The zero-order valence-electron chi connectivity index (χ0n) is 13.0. The molecule has 0 aliphatic heterocycles. The molecule has 1 aliphatic rings. The molecule has 0 aromatic heterocycles. The second-order valence-electron chi connectivity index (χ2n) is 6.41. The minimum atomic E-state index is -1.59. The van der Waals surface area contributed by atoms with Gasteiger partial charge >= 0.3 is 0 Å². The van der Waals surface area contributed by atoms with E-state index in [1.807, 2.05) is 6.92 Å². The molecular weight excluding hydrogens is 296 g/mol. The Labute approximate surface area is 127 Å². The molecule has 0 N–H and O–H groups in total. The zero-order chi connectivity index (χ0) is 16.6. The Balaban J connectivity index is 2.31. The molecule has 0 saturated heterocycles. The van der Waals surface area contributed by atoms with E-state index in [0.717, 1.165) is 26.2 Å². The lowest BCUT2D eigenvalue weighted by Crippen LogP contribution is -2.27. The van der Waals surface area contributed by atoms with Crippen LogP contribution in [0.15, 0.2) is 0 Å². The van der Waals surface area contributed by atoms with Gasteiger partial charge in [-0.2, -0.15) is 0 Å².